The third-order valence-electron chi connectivity index (χ3n) is 2.23. The lowest BCUT2D eigenvalue weighted by Crippen LogP contribution is -2.04. The molecule has 0 aromatic carbocycles. The molecule has 0 bridgehead atoms. The average molecular weight is 242 g/mol. The fourth-order valence-electron chi connectivity index (χ4n) is 1.31. The summed E-state index contributed by atoms with van der Waals surface area (Å²) in [5.74, 6) is 0. The first-order valence-corrected chi connectivity index (χ1v) is 7.33. The van der Waals surface area contributed by atoms with Crippen LogP contribution in [0.4, 0.5) is 5.69 Å². The minimum atomic E-state index is -3.19. The molecule has 90 valence electrons. The van der Waals surface area contributed by atoms with Crippen LogP contribution < -0.4 is 5.32 Å². The molecule has 0 amide bonds. The van der Waals surface area contributed by atoms with Crippen molar-refractivity contribution in [1.82, 2.24) is 4.98 Å². The molecule has 0 saturated carbocycles. The number of sulfone groups is 1. The van der Waals surface area contributed by atoms with E-state index in [0.29, 0.717) is 0 Å². The summed E-state index contributed by atoms with van der Waals surface area (Å²) in [5.41, 5.74) is 0.864. The Morgan fingerprint density at radius 2 is 2.06 bits per heavy atom. The van der Waals surface area contributed by atoms with Crippen molar-refractivity contribution >= 4 is 15.5 Å². The molecule has 0 spiro atoms. The van der Waals surface area contributed by atoms with Crippen LogP contribution in [0, 0.1) is 0 Å². The van der Waals surface area contributed by atoms with Crippen molar-refractivity contribution in [2.45, 2.75) is 31.2 Å². The van der Waals surface area contributed by atoms with E-state index in [2.05, 4.69) is 17.2 Å². The molecule has 0 radical (unpaired) electrons. The quantitative estimate of drug-likeness (QED) is 0.776. The third-order valence-corrected chi connectivity index (χ3v) is 3.23. The van der Waals surface area contributed by atoms with E-state index in [-0.39, 0.29) is 5.03 Å². The van der Waals surface area contributed by atoms with Crippen molar-refractivity contribution < 1.29 is 8.42 Å². The van der Waals surface area contributed by atoms with Crippen LogP contribution in [0.2, 0.25) is 0 Å². The first-order chi connectivity index (χ1) is 7.54. The lowest BCUT2D eigenvalue weighted by atomic mass is 10.2. The fourth-order valence-corrected chi connectivity index (χ4v) is 1.87. The van der Waals surface area contributed by atoms with Crippen molar-refractivity contribution in [3.8, 4) is 0 Å². The van der Waals surface area contributed by atoms with Gasteiger partial charge in [-0.25, -0.2) is 13.4 Å². The molecule has 5 heteroatoms. The van der Waals surface area contributed by atoms with Crippen molar-refractivity contribution in [2.24, 2.45) is 0 Å². The van der Waals surface area contributed by atoms with Gasteiger partial charge < -0.3 is 5.32 Å². The molecule has 1 aromatic heterocycles. The molecule has 1 rings (SSSR count). The van der Waals surface area contributed by atoms with Crippen molar-refractivity contribution in [3.63, 3.8) is 0 Å². The predicted molar refractivity (Wildman–Crippen MR) is 65.4 cm³/mol. The van der Waals surface area contributed by atoms with Crippen molar-refractivity contribution in [2.75, 3.05) is 18.1 Å². The van der Waals surface area contributed by atoms with Gasteiger partial charge in [-0.05, 0) is 18.6 Å². The number of hydrogen-bond donors (Lipinski definition) is 1. The van der Waals surface area contributed by atoms with Crippen LogP contribution in [0.1, 0.15) is 26.2 Å². The molecule has 0 atom stereocenters. The molecule has 16 heavy (non-hydrogen) atoms. The molecule has 0 unspecified atom stereocenters. The van der Waals surface area contributed by atoms with E-state index >= 15 is 0 Å². The van der Waals surface area contributed by atoms with E-state index < -0.39 is 9.84 Å². The van der Waals surface area contributed by atoms with E-state index in [4.69, 9.17) is 0 Å². The Balaban J connectivity index is 2.52. The number of unbranched alkanes of at least 4 members (excludes halogenated alkanes) is 2. The molecule has 1 N–H and O–H groups in total. The topological polar surface area (TPSA) is 59.1 Å². The number of hydrogen-bond acceptors (Lipinski definition) is 4. The van der Waals surface area contributed by atoms with E-state index in [0.717, 1.165) is 24.9 Å². The predicted octanol–water partition coefficient (Wildman–Crippen LogP) is 2.09. The summed E-state index contributed by atoms with van der Waals surface area (Å²) >= 11 is 0. The zero-order valence-corrected chi connectivity index (χ0v) is 10.5. The SMILES string of the molecule is CCCCCNc1ccc(S(C)(=O)=O)nc1. The van der Waals surface area contributed by atoms with Gasteiger partial charge in [0.25, 0.3) is 0 Å². The lowest BCUT2D eigenvalue weighted by Gasteiger charge is -2.05. The number of pyridine rings is 1. The summed E-state index contributed by atoms with van der Waals surface area (Å²) in [7, 11) is -3.19. The number of rotatable bonds is 6. The number of nitrogens with one attached hydrogen (secondary N) is 1. The standard InChI is InChI=1S/C11H18N2O2S/c1-3-4-5-8-12-10-6-7-11(13-9-10)16(2,14)15/h6-7,9,12H,3-5,8H2,1-2H3. The largest absolute Gasteiger partial charge is 0.384 e. The maximum absolute atomic E-state index is 11.2. The molecule has 1 aromatic rings. The van der Waals surface area contributed by atoms with Crippen LogP contribution in [-0.2, 0) is 9.84 Å². The van der Waals surface area contributed by atoms with Crippen LogP contribution in [0.15, 0.2) is 23.4 Å². The van der Waals surface area contributed by atoms with Crippen LogP contribution in [0.5, 0.6) is 0 Å². The zero-order chi connectivity index (χ0) is 12.0. The van der Waals surface area contributed by atoms with Crippen molar-refractivity contribution in [1.29, 1.82) is 0 Å². The zero-order valence-electron chi connectivity index (χ0n) is 9.73. The van der Waals surface area contributed by atoms with Crippen molar-refractivity contribution in [3.05, 3.63) is 18.3 Å². The van der Waals surface area contributed by atoms with Gasteiger partial charge in [0, 0.05) is 12.8 Å². The summed E-state index contributed by atoms with van der Waals surface area (Å²) in [5, 5.41) is 3.32. The highest BCUT2D eigenvalue weighted by molar-refractivity contribution is 7.90. The van der Waals surface area contributed by atoms with Gasteiger partial charge in [-0.3, -0.25) is 0 Å². The maximum Gasteiger partial charge on any atom is 0.192 e. The van der Waals surface area contributed by atoms with Gasteiger partial charge in [0.05, 0.1) is 11.9 Å². The van der Waals surface area contributed by atoms with Gasteiger partial charge in [-0.2, -0.15) is 0 Å². The Labute approximate surface area is 97.0 Å². The van der Waals surface area contributed by atoms with Crippen LogP contribution in [-0.4, -0.2) is 26.2 Å². The summed E-state index contributed by atoms with van der Waals surface area (Å²) < 4.78 is 22.3. The van der Waals surface area contributed by atoms with Gasteiger partial charge in [-0.15, -0.1) is 0 Å². The number of aromatic nitrogens is 1. The normalized spacial score (nSPS) is 11.4. The van der Waals surface area contributed by atoms with Crippen LogP contribution in [0.25, 0.3) is 0 Å². The molecule has 0 fully saturated rings. The van der Waals surface area contributed by atoms with E-state index in [1.54, 1.807) is 12.3 Å². The first kappa shape index (κ1) is 13.0. The Bertz CT molecular complexity index is 412. The summed E-state index contributed by atoms with van der Waals surface area (Å²) in [4.78, 5) is 3.90. The van der Waals surface area contributed by atoms with E-state index in [9.17, 15) is 8.42 Å². The highest BCUT2D eigenvalue weighted by Gasteiger charge is 2.07. The monoisotopic (exact) mass is 242 g/mol. The number of anilines is 1. The van der Waals surface area contributed by atoms with Gasteiger partial charge >= 0.3 is 0 Å². The third kappa shape index (κ3) is 4.18. The highest BCUT2D eigenvalue weighted by Crippen LogP contribution is 2.10. The maximum atomic E-state index is 11.2. The lowest BCUT2D eigenvalue weighted by molar-refractivity contribution is 0.598. The minimum Gasteiger partial charge on any atom is -0.384 e. The Kier molecular flexibility index (Phi) is 4.73. The Morgan fingerprint density at radius 3 is 2.56 bits per heavy atom. The Hall–Kier alpha value is -1.10. The molecule has 1 heterocycles. The first-order valence-electron chi connectivity index (χ1n) is 5.44. The summed E-state index contributed by atoms with van der Waals surface area (Å²) in [6.45, 7) is 3.05. The van der Waals surface area contributed by atoms with Crippen LogP contribution >= 0.6 is 0 Å². The van der Waals surface area contributed by atoms with E-state index in [1.807, 2.05) is 0 Å². The minimum absolute atomic E-state index is 0.117. The van der Waals surface area contributed by atoms with Gasteiger partial charge in [0.2, 0.25) is 0 Å². The molecule has 0 aliphatic heterocycles. The molecular formula is C11H18N2O2S. The average Bonchev–Trinajstić information content (AvgIpc) is 2.24. The summed E-state index contributed by atoms with van der Waals surface area (Å²) in [6, 6.07) is 3.27. The molecule has 0 saturated heterocycles. The highest BCUT2D eigenvalue weighted by atomic mass is 32.2. The molecular weight excluding hydrogens is 224 g/mol. The van der Waals surface area contributed by atoms with E-state index in [1.165, 1.54) is 18.9 Å². The second kappa shape index (κ2) is 5.84. The number of nitrogens with zero attached hydrogens (tertiary/aromatic N) is 1. The second-order valence-electron chi connectivity index (χ2n) is 3.79. The molecule has 4 nitrogen and oxygen atoms in total. The smallest absolute Gasteiger partial charge is 0.192 e. The Morgan fingerprint density at radius 1 is 1.31 bits per heavy atom. The molecule has 0 aliphatic rings. The second-order valence-corrected chi connectivity index (χ2v) is 5.75. The van der Waals surface area contributed by atoms with Gasteiger partial charge in [-0.1, -0.05) is 19.8 Å². The van der Waals surface area contributed by atoms with Crippen LogP contribution in [0.3, 0.4) is 0 Å². The fraction of sp³-hybridized carbons (Fsp3) is 0.545. The molecule has 0 aliphatic carbocycles. The van der Waals surface area contributed by atoms with Gasteiger partial charge in [0.15, 0.2) is 14.9 Å². The summed E-state index contributed by atoms with van der Waals surface area (Å²) in [6.07, 6.45) is 6.21. The van der Waals surface area contributed by atoms with Gasteiger partial charge in [0.1, 0.15) is 0 Å².